The topological polar surface area (TPSA) is 21.7 Å². The maximum Gasteiger partial charge on any atom is 0.0620 e. The molecule has 0 aromatic rings. The van der Waals surface area contributed by atoms with Crippen LogP contribution in [0.15, 0.2) is 25.3 Å². The van der Waals surface area contributed by atoms with Crippen molar-refractivity contribution in [1.29, 1.82) is 0 Å². The molecule has 1 unspecified atom stereocenters. The third-order valence-corrected chi connectivity index (χ3v) is 6.86. The van der Waals surface area contributed by atoms with Gasteiger partial charge in [-0.15, -0.1) is 10.8 Å². The summed E-state index contributed by atoms with van der Waals surface area (Å²) >= 11 is 0. The van der Waals surface area contributed by atoms with Gasteiger partial charge in [-0.3, -0.25) is 8.37 Å². The Labute approximate surface area is 148 Å². The molecule has 0 bridgehead atoms. The molecule has 0 radical (unpaired) electrons. The van der Waals surface area contributed by atoms with E-state index in [1.165, 1.54) is 32.1 Å². The molecule has 0 saturated carbocycles. The van der Waals surface area contributed by atoms with Crippen molar-refractivity contribution in [1.82, 2.24) is 4.31 Å². The Morgan fingerprint density at radius 3 is 2.09 bits per heavy atom. The predicted molar refractivity (Wildman–Crippen MR) is 108 cm³/mol. The SMILES string of the molecule is C=CC=C.CC.CCCCC(CC)CN1CCCS1(OC)OC. The Balaban J connectivity index is 0. The van der Waals surface area contributed by atoms with Crippen LogP contribution in [0.1, 0.15) is 59.8 Å². The molecule has 0 N–H and O–H groups in total. The van der Waals surface area contributed by atoms with Gasteiger partial charge in [-0.1, -0.05) is 72.3 Å². The van der Waals surface area contributed by atoms with Crippen LogP contribution in [0.5, 0.6) is 0 Å². The zero-order chi connectivity index (χ0) is 18.1. The molecule has 23 heavy (non-hydrogen) atoms. The first-order valence-electron chi connectivity index (χ1n) is 9.04. The standard InChI is InChI=1S/C13H29NO2S.C4H6.C2H6/c1-5-7-9-13(6-2)12-14-10-8-11-17(14,15-3)16-4;1-3-4-2;1-2/h13H,5-12H2,1-4H3;3-4H,1-2H2;1-2H3. The van der Waals surface area contributed by atoms with Crippen LogP contribution < -0.4 is 0 Å². The molecule has 4 heteroatoms. The monoisotopic (exact) mass is 347 g/mol. The minimum Gasteiger partial charge on any atom is -0.274 e. The summed E-state index contributed by atoms with van der Waals surface area (Å²) in [6, 6.07) is 0. The zero-order valence-electron chi connectivity index (χ0n) is 16.5. The van der Waals surface area contributed by atoms with E-state index in [0.29, 0.717) is 0 Å². The average molecular weight is 348 g/mol. The van der Waals surface area contributed by atoms with Crippen molar-refractivity contribution < 1.29 is 8.37 Å². The van der Waals surface area contributed by atoms with Gasteiger partial charge < -0.3 is 0 Å². The lowest BCUT2D eigenvalue weighted by molar-refractivity contribution is 0.266. The Morgan fingerprint density at radius 2 is 1.70 bits per heavy atom. The first-order chi connectivity index (χ1) is 11.1. The van der Waals surface area contributed by atoms with Crippen LogP contribution in [-0.2, 0) is 8.37 Å². The molecule has 1 heterocycles. The van der Waals surface area contributed by atoms with Crippen LogP contribution in [-0.4, -0.2) is 37.4 Å². The Morgan fingerprint density at radius 1 is 1.13 bits per heavy atom. The number of nitrogens with zero attached hydrogens (tertiary/aromatic N) is 1. The van der Waals surface area contributed by atoms with Crippen LogP contribution in [0.25, 0.3) is 0 Å². The summed E-state index contributed by atoms with van der Waals surface area (Å²) < 4.78 is 13.9. The highest BCUT2D eigenvalue weighted by molar-refractivity contribution is 8.24. The van der Waals surface area contributed by atoms with Crippen molar-refractivity contribution in [2.24, 2.45) is 5.92 Å². The van der Waals surface area contributed by atoms with Gasteiger partial charge in [0, 0.05) is 13.1 Å². The molecule has 140 valence electrons. The fraction of sp³-hybridized carbons (Fsp3) is 0.789. The van der Waals surface area contributed by atoms with Crippen LogP contribution in [0, 0.1) is 5.92 Å². The highest BCUT2D eigenvalue weighted by Crippen LogP contribution is 2.57. The first kappa shape index (κ1) is 25.0. The molecule has 1 saturated heterocycles. The second-order valence-corrected chi connectivity index (χ2v) is 8.00. The normalized spacial score (nSPS) is 18.7. The first-order valence-corrected chi connectivity index (χ1v) is 10.7. The van der Waals surface area contributed by atoms with Gasteiger partial charge >= 0.3 is 0 Å². The molecule has 1 atom stereocenters. The van der Waals surface area contributed by atoms with Crippen LogP contribution in [0.4, 0.5) is 0 Å². The van der Waals surface area contributed by atoms with Crippen molar-refractivity contribution in [3.63, 3.8) is 0 Å². The van der Waals surface area contributed by atoms with Gasteiger partial charge in [0.15, 0.2) is 0 Å². The Hall–Kier alpha value is -0.290. The molecule has 1 aliphatic rings. The number of unbranched alkanes of at least 4 members (excludes halogenated alkanes) is 1. The van der Waals surface area contributed by atoms with Gasteiger partial charge in [0.25, 0.3) is 0 Å². The van der Waals surface area contributed by atoms with Gasteiger partial charge in [-0.2, -0.15) is 0 Å². The minimum atomic E-state index is -1.37. The average Bonchev–Trinajstić information content (AvgIpc) is 3.03. The van der Waals surface area contributed by atoms with E-state index in [0.717, 1.165) is 24.8 Å². The molecular weight excluding hydrogens is 306 g/mol. The highest BCUT2D eigenvalue weighted by Gasteiger charge is 2.34. The zero-order valence-corrected chi connectivity index (χ0v) is 17.3. The molecule has 0 aliphatic carbocycles. The molecule has 1 aliphatic heterocycles. The van der Waals surface area contributed by atoms with Crippen LogP contribution >= 0.6 is 10.8 Å². The van der Waals surface area contributed by atoms with E-state index < -0.39 is 10.8 Å². The third-order valence-electron chi connectivity index (χ3n) is 3.90. The van der Waals surface area contributed by atoms with E-state index in [2.05, 4.69) is 31.3 Å². The summed E-state index contributed by atoms with van der Waals surface area (Å²) in [5, 5.41) is 0. The molecule has 0 amide bonds. The maximum atomic E-state index is 5.70. The van der Waals surface area contributed by atoms with E-state index in [-0.39, 0.29) is 0 Å². The third kappa shape index (κ3) is 9.55. The number of hydrogen-bond acceptors (Lipinski definition) is 3. The van der Waals surface area contributed by atoms with Crippen LogP contribution in [0.2, 0.25) is 0 Å². The number of hydrogen-bond donors (Lipinski definition) is 0. The summed E-state index contributed by atoms with van der Waals surface area (Å²) in [6.45, 7) is 17.6. The van der Waals surface area contributed by atoms with Crippen LogP contribution in [0.3, 0.4) is 0 Å². The van der Waals surface area contributed by atoms with Gasteiger partial charge in [0.2, 0.25) is 0 Å². The summed E-state index contributed by atoms with van der Waals surface area (Å²) in [6.07, 6.45) is 9.73. The fourth-order valence-corrected chi connectivity index (χ4v) is 5.04. The predicted octanol–water partition coefficient (Wildman–Crippen LogP) is 6.14. The largest absolute Gasteiger partial charge is 0.274 e. The summed E-state index contributed by atoms with van der Waals surface area (Å²) in [4.78, 5) is 0. The summed E-state index contributed by atoms with van der Waals surface area (Å²) in [7, 11) is 2.22. The van der Waals surface area contributed by atoms with E-state index >= 15 is 0 Å². The molecule has 1 rings (SSSR count). The maximum absolute atomic E-state index is 5.70. The van der Waals surface area contributed by atoms with Crippen molar-refractivity contribution >= 4 is 10.8 Å². The molecule has 0 aromatic heterocycles. The molecule has 3 nitrogen and oxygen atoms in total. The second-order valence-electron chi connectivity index (χ2n) is 5.25. The minimum absolute atomic E-state index is 0.797. The van der Waals surface area contributed by atoms with E-state index in [1.54, 1.807) is 26.4 Å². The lowest BCUT2D eigenvalue weighted by Gasteiger charge is -2.45. The lowest BCUT2D eigenvalue weighted by atomic mass is 9.99. The van der Waals surface area contributed by atoms with Crippen molar-refractivity contribution in [3.8, 4) is 0 Å². The van der Waals surface area contributed by atoms with Crippen molar-refractivity contribution in [2.45, 2.75) is 59.8 Å². The fourth-order valence-electron chi connectivity index (χ4n) is 2.55. The van der Waals surface area contributed by atoms with Gasteiger partial charge in [0.1, 0.15) is 0 Å². The van der Waals surface area contributed by atoms with Crippen molar-refractivity contribution in [2.75, 3.05) is 33.1 Å². The summed E-state index contributed by atoms with van der Waals surface area (Å²) in [5.41, 5.74) is 0. The van der Waals surface area contributed by atoms with Gasteiger partial charge in [0.05, 0.1) is 20.0 Å². The quantitative estimate of drug-likeness (QED) is 0.468. The summed E-state index contributed by atoms with van der Waals surface area (Å²) in [5.74, 6) is 1.87. The lowest BCUT2D eigenvalue weighted by Crippen LogP contribution is -2.30. The van der Waals surface area contributed by atoms with Crippen molar-refractivity contribution in [3.05, 3.63) is 25.3 Å². The highest BCUT2D eigenvalue weighted by atomic mass is 32.3. The number of allylic oxidation sites excluding steroid dienone is 2. The van der Waals surface area contributed by atoms with Gasteiger partial charge in [-0.05, 0) is 18.8 Å². The molecular formula is C19H41NO2S. The van der Waals surface area contributed by atoms with Gasteiger partial charge in [-0.25, -0.2) is 4.31 Å². The molecule has 1 fully saturated rings. The van der Waals surface area contributed by atoms with E-state index in [4.69, 9.17) is 8.37 Å². The smallest absolute Gasteiger partial charge is 0.0620 e. The molecule has 0 aromatic carbocycles. The second kappa shape index (κ2) is 16.6. The Bertz CT molecular complexity index is 275. The molecule has 0 spiro atoms. The number of rotatable bonds is 9. The Kier molecular flexibility index (Phi) is 18.0. The van der Waals surface area contributed by atoms with E-state index in [1.807, 2.05) is 13.8 Å². The van der Waals surface area contributed by atoms with E-state index in [9.17, 15) is 0 Å².